The number of aromatic nitrogens is 2. The molecule has 1 heterocycles. The van der Waals surface area contributed by atoms with Crippen LogP contribution in [0.25, 0.3) is 0 Å². The molecular formula is C12H19F2N3O. The maximum Gasteiger partial charge on any atom is 0.261 e. The second-order valence-electron chi connectivity index (χ2n) is 4.05. The van der Waals surface area contributed by atoms with Gasteiger partial charge in [0, 0.05) is 29.9 Å². The van der Waals surface area contributed by atoms with E-state index in [2.05, 4.69) is 15.3 Å². The summed E-state index contributed by atoms with van der Waals surface area (Å²) in [6, 6.07) is 0.189. The van der Waals surface area contributed by atoms with Crippen LogP contribution in [-0.4, -0.2) is 36.7 Å². The van der Waals surface area contributed by atoms with Crippen molar-refractivity contribution in [1.82, 2.24) is 15.3 Å². The summed E-state index contributed by atoms with van der Waals surface area (Å²) in [4.78, 5) is 8.55. The van der Waals surface area contributed by atoms with Gasteiger partial charge in [-0.05, 0) is 20.9 Å². The van der Waals surface area contributed by atoms with E-state index in [-0.39, 0.29) is 12.6 Å². The lowest BCUT2D eigenvalue weighted by Gasteiger charge is -2.13. The number of aryl methyl sites for hydroxylation is 1. The van der Waals surface area contributed by atoms with Gasteiger partial charge >= 0.3 is 0 Å². The smallest absolute Gasteiger partial charge is 0.261 e. The van der Waals surface area contributed by atoms with Crippen molar-refractivity contribution in [3.63, 3.8) is 0 Å². The number of hydrogen-bond acceptors (Lipinski definition) is 4. The van der Waals surface area contributed by atoms with Crippen LogP contribution in [-0.2, 0) is 11.2 Å². The van der Waals surface area contributed by atoms with Gasteiger partial charge in [0.15, 0.2) is 0 Å². The normalized spacial score (nSPS) is 13.0. The number of hydrogen-bond donors (Lipinski definition) is 1. The summed E-state index contributed by atoms with van der Waals surface area (Å²) in [5.74, 6) is 0.619. The van der Waals surface area contributed by atoms with E-state index in [0.717, 1.165) is 11.3 Å². The topological polar surface area (TPSA) is 47.0 Å². The SMILES string of the molecule is CNC(C)c1cnc(CCOCC(F)F)nc1C. The molecule has 0 aliphatic heterocycles. The Morgan fingerprint density at radius 3 is 2.72 bits per heavy atom. The first-order chi connectivity index (χ1) is 8.54. The number of halogens is 2. The van der Waals surface area contributed by atoms with E-state index in [4.69, 9.17) is 4.74 Å². The first kappa shape index (κ1) is 14.9. The molecular weight excluding hydrogens is 240 g/mol. The third kappa shape index (κ3) is 4.62. The maximum atomic E-state index is 11.8. The first-order valence-electron chi connectivity index (χ1n) is 5.90. The van der Waals surface area contributed by atoms with Gasteiger partial charge in [-0.2, -0.15) is 0 Å². The zero-order valence-electron chi connectivity index (χ0n) is 10.9. The molecule has 1 aromatic rings. The number of rotatable bonds is 7. The van der Waals surface area contributed by atoms with Crippen molar-refractivity contribution in [2.24, 2.45) is 0 Å². The Balaban J connectivity index is 2.51. The first-order valence-corrected chi connectivity index (χ1v) is 5.90. The molecule has 1 rings (SSSR count). The fourth-order valence-corrected chi connectivity index (χ4v) is 1.56. The average Bonchev–Trinajstić information content (AvgIpc) is 2.33. The molecule has 0 bridgehead atoms. The molecule has 0 spiro atoms. The lowest BCUT2D eigenvalue weighted by molar-refractivity contribution is 0.0182. The molecule has 1 unspecified atom stereocenters. The monoisotopic (exact) mass is 259 g/mol. The highest BCUT2D eigenvalue weighted by atomic mass is 19.3. The van der Waals surface area contributed by atoms with E-state index in [1.807, 2.05) is 20.9 Å². The molecule has 1 atom stereocenters. The van der Waals surface area contributed by atoms with Gasteiger partial charge in [-0.15, -0.1) is 0 Å². The molecule has 0 fully saturated rings. The van der Waals surface area contributed by atoms with Crippen molar-refractivity contribution in [1.29, 1.82) is 0 Å². The highest BCUT2D eigenvalue weighted by Crippen LogP contribution is 2.14. The fraction of sp³-hybridized carbons (Fsp3) is 0.667. The highest BCUT2D eigenvalue weighted by molar-refractivity contribution is 5.19. The summed E-state index contributed by atoms with van der Waals surface area (Å²) in [5.41, 5.74) is 1.94. The van der Waals surface area contributed by atoms with Gasteiger partial charge < -0.3 is 10.1 Å². The summed E-state index contributed by atoms with van der Waals surface area (Å²) in [5, 5.41) is 3.12. The second-order valence-corrected chi connectivity index (χ2v) is 4.05. The van der Waals surface area contributed by atoms with Crippen molar-refractivity contribution < 1.29 is 13.5 Å². The quantitative estimate of drug-likeness (QED) is 0.760. The van der Waals surface area contributed by atoms with E-state index in [1.54, 1.807) is 6.20 Å². The summed E-state index contributed by atoms with van der Waals surface area (Å²) in [6.07, 6.45) is -0.209. The largest absolute Gasteiger partial charge is 0.375 e. The Hall–Kier alpha value is -1.14. The zero-order chi connectivity index (χ0) is 13.5. The van der Waals surface area contributed by atoms with E-state index in [9.17, 15) is 8.78 Å². The molecule has 1 N–H and O–H groups in total. The number of alkyl halides is 2. The van der Waals surface area contributed by atoms with Crippen LogP contribution in [0, 0.1) is 6.92 Å². The molecule has 6 heteroatoms. The minimum Gasteiger partial charge on any atom is -0.375 e. The van der Waals surface area contributed by atoms with Crippen LogP contribution in [0.1, 0.15) is 30.0 Å². The molecule has 18 heavy (non-hydrogen) atoms. The highest BCUT2D eigenvalue weighted by Gasteiger charge is 2.09. The predicted octanol–water partition coefficient (Wildman–Crippen LogP) is 1.89. The standard InChI is InChI=1S/C12H19F2N3O/c1-8(15-3)10-6-16-12(17-9(10)2)4-5-18-7-11(13)14/h6,8,11,15H,4-5,7H2,1-3H3. The third-order valence-corrected chi connectivity index (χ3v) is 2.68. The molecule has 0 saturated carbocycles. The summed E-state index contributed by atoms with van der Waals surface area (Å²) in [7, 11) is 1.87. The summed E-state index contributed by atoms with van der Waals surface area (Å²) < 4.78 is 28.5. The van der Waals surface area contributed by atoms with E-state index < -0.39 is 13.0 Å². The molecule has 1 aromatic heterocycles. The van der Waals surface area contributed by atoms with Crippen molar-refractivity contribution in [3.8, 4) is 0 Å². The molecule has 0 aromatic carbocycles. The van der Waals surface area contributed by atoms with Gasteiger partial charge in [0.1, 0.15) is 12.4 Å². The lowest BCUT2D eigenvalue weighted by Crippen LogP contribution is -2.16. The second kappa shape index (κ2) is 7.33. The Morgan fingerprint density at radius 2 is 2.17 bits per heavy atom. The van der Waals surface area contributed by atoms with Crippen molar-refractivity contribution in [2.75, 3.05) is 20.3 Å². The van der Waals surface area contributed by atoms with Gasteiger partial charge in [0.2, 0.25) is 0 Å². The fourth-order valence-electron chi connectivity index (χ4n) is 1.56. The minimum atomic E-state index is -2.42. The van der Waals surface area contributed by atoms with E-state index in [0.29, 0.717) is 12.2 Å². The predicted molar refractivity (Wildman–Crippen MR) is 64.8 cm³/mol. The minimum absolute atomic E-state index is 0.189. The average molecular weight is 259 g/mol. The summed E-state index contributed by atoms with van der Waals surface area (Å²) in [6.45, 7) is 3.62. The molecule has 4 nitrogen and oxygen atoms in total. The molecule has 0 aliphatic carbocycles. The Bertz CT molecular complexity index is 374. The van der Waals surface area contributed by atoms with Gasteiger partial charge in [0.25, 0.3) is 6.43 Å². The number of nitrogens with one attached hydrogen (secondary N) is 1. The maximum absolute atomic E-state index is 11.8. The zero-order valence-corrected chi connectivity index (χ0v) is 10.9. The van der Waals surface area contributed by atoms with Gasteiger partial charge in [-0.3, -0.25) is 0 Å². The number of nitrogens with zero attached hydrogens (tertiary/aromatic N) is 2. The summed E-state index contributed by atoms with van der Waals surface area (Å²) >= 11 is 0. The van der Waals surface area contributed by atoms with Crippen LogP contribution >= 0.6 is 0 Å². The van der Waals surface area contributed by atoms with Crippen LogP contribution in [0.15, 0.2) is 6.20 Å². The van der Waals surface area contributed by atoms with Gasteiger partial charge in [-0.25, -0.2) is 18.7 Å². The van der Waals surface area contributed by atoms with Crippen molar-refractivity contribution in [2.45, 2.75) is 32.7 Å². The Labute approximate surface area is 106 Å². The van der Waals surface area contributed by atoms with Gasteiger partial charge in [0.05, 0.1) is 6.61 Å². The van der Waals surface area contributed by atoms with Crippen molar-refractivity contribution >= 4 is 0 Å². The van der Waals surface area contributed by atoms with Crippen LogP contribution in [0.5, 0.6) is 0 Å². The third-order valence-electron chi connectivity index (χ3n) is 2.68. The lowest BCUT2D eigenvalue weighted by atomic mass is 10.1. The molecule has 0 radical (unpaired) electrons. The van der Waals surface area contributed by atoms with E-state index in [1.165, 1.54) is 0 Å². The van der Waals surface area contributed by atoms with E-state index >= 15 is 0 Å². The van der Waals surface area contributed by atoms with Crippen LogP contribution in [0.4, 0.5) is 8.78 Å². The molecule has 102 valence electrons. The van der Waals surface area contributed by atoms with Crippen LogP contribution in [0.2, 0.25) is 0 Å². The van der Waals surface area contributed by atoms with Crippen LogP contribution in [0.3, 0.4) is 0 Å². The van der Waals surface area contributed by atoms with Crippen LogP contribution < -0.4 is 5.32 Å². The Kier molecular flexibility index (Phi) is 6.07. The van der Waals surface area contributed by atoms with Crippen molar-refractivity contribution in [3.05, 3.63) is 23.3 Å². The Morgan fingerprint density at radius 1 is 1.44 bits per heavy atom. The molecule has 0 saturated heterocycles. The molecule has 0 aliphatic rings. The van der Waals surface area contributed by atoms with Gasteiger partial charge in [-0.1, -0.05) is 0 Å². The number of ether oxygens (including phenoxy) is 1. The molecule has 0 amide bonds.